The summed E-state index contributed by atoms with van der Waals surface area (Å²) in [5.74, 6) is -0.932. The van der Waals surface area contributed by atoms with Gasteiger partial charge in [-0.1, -0.05) is 23.7 Å². The van der Waals surface area contributed by atoms with Gasteiger partial charge in [0.05, 0.1) is 12.3 Å². The van der Waals surface area contributed by atoms with Crippen LogP contribution in [0, 0.1) is 0 Å². The molecule has 0 radical (unpaired) electrons. The Hall–Kier alpha value is -1.89. The first kappa shape index (κ1) is 15.2. The third-order valence-corrected chi connectivity index (χ3v) is 2.06. The van der Waals surface area contributed by atoms with Crippen molar-refractivity contribution in [2.45, 2.75) is 13.5 Å². The number of carbonyl (C=O) groups is 1. The lowest BCUT2D eigenvalue weighted by Gasteiger charge is -2.09. The lowest BCUT2D eigenvalue weighted by molar-refractivity contribution is -0.134. The van der Waals surface area contributed by atoms with E-state index in [1.807, 2.05) is 0 Å². The maximum Gasteiger partial charge on any atom is 0.387 e. The van der Waals surface area contributed by atoms with Gasteiger partial charge in [0.15, 0.2) is 5.75 Å². The Balaban J connectivity index is 2.76. The predicted molar refractivity (Wildman–Crippen MR) is 66.6 cm³/mol. The van der Waals surface area contributed by atoms with E-state index in [1.165, 1.54) is 18.2 Å². The summed E-state index contributed by atoms with van der Waals surface area (Å²) < 4.78 is 33.1. The molecule has 0 aliphatic rings. The smallest absolute Gasteiger partial charge is 0.387 e. The van der Waals surface area contributed by atoms with Gasteiger partial charge in [-0.15, -0.1) is 0 Å². The number of benzene rings is 1. The molecule has 0 unspecified atom stereocenters. The minimum atomic E-state index is -2.97. The number of carbonyl (C=O) groups excluding carboxylic acids is 1. The fraction of sp³-hybridized carbons (Fsp3) is 0.273. The van der Waals surface area contributed by atoms with Gasteiger partial charge in [0.25, 0.3) is 0 Å². The van der Waals surface area contributed by atoms with Crippen LogP contribution in [0.25, 0.3) is 0 Å². The van der Waals surface area contributed by atoms with Crippen LogP contribution in [0.4, 0.5) is 14.5 Å². The molecule has 0 saturated heterocycles. The Bertz CT molecular complexity index is 469. The Morgan fingerprint density at radius 3 is 2.79 bits per heavy atom. The van der Waals surface area contributed by atoms with Crippen LogP contribution in [-0.2, 0) is 9.53 Å². The fourth-order valence-electron chi connectivity index (χ4n) is 1.10. The zero-order valence-electron chi connectivity index (χ0n) is 9.90. The van der Waals surface area contributed by atoms with Gasteiger partial charge in [-0.05, 0) is 19.1 Å². The average molecular weight is 293 g/mol. The third-order valence-electron chi connectivity index (χ3n) is 1.82. The minimum Gasteiger partial charge on any atom is -0.461 e. The molecule has 19 heavy (non-hydrogen) atoms. The van der Waals surface area contributed by atoms with Crippen molar-refractivity contribution in [2.24, 2.45) is 5.10 Å². The number of nitrogens with zero attached hydrogens (tertiary/aromatic N) is 1. The van der Waals surface area contributed by atoms with E-state index < -0.39 is 17.8 Å². The SMILES string of the molecule is CCOC(=O)/C(Cl)=N\Nc1ccccc1OC(F)F. The lowest BCUT2D eigenvalue weighted by Crippen LogP contribution is -2.13. The Labute approximate surface area is 113 Å². The first-order valence-electron chi connectivity index (χ1n) is 5.24. The van der Waals surface area contributed by atoms with E-state index in [1.54, 1.807) is 13.0 Å². The van der Waals surface area contributed by atoms with Gasteiger partial charge >= 0.3 is 12.6 Å². The second-order valence-corrected chi connectivity index (χ2v) is 3.47. The molecule has 0 aliphatic heterocycles. The van der Waals surface area contributed by atoms with Crippen LogP contribution in [0.2, 0.25) is 0 Å². The van der Waals surface area contributed by atoms with Crippen LogP contribution < -0.4 is 10.2 Å². The summed E-state index contributed by atoms with van der Waals surface area (Å²) in [4.78, 5) is 11.2. The summed E-state index contributed by atoms with van der Waals surface area (Å²) in [6.07, 6.45) is 0. The highest BCUT2D eigenvalue weighted by molar-refractivity contribution is 6.82. The molecule has 1 rings (SSSR count). The van der Waals surface area contributed by atoms with E-state index in [0.717, 1.165) is 0 Å². The van der Waals surface area contributed by atoms with Crippen molar-refractivity contribution in [1.29, 1.82) is 0 Å². The molecular weight excluding hydrogens is 282 g/mol. The number of anilines is 1. The van der Waals surface area contributed by atoms with Gasteiger partial charge in [0, 0.05) is 0 Å². The molecule has 0 amide bonds. The monoisotopic (exact) mass is 292 g/mol. The van der Waals surface area contributed by atoms with Crippen molar-refractivity contribution in [3.63, 3.8) is 0 Å². The molecule has 0 heterocycles. The predicted octanol–water partition coefficient (Wildman–Crippen LogP) is 2.82. The van der Waals surface area contributed by atoms with Crippen molar-refractivity contribution in [1.82, 2.24) is 0 Å². The summed E-state index contributed by atoms with van der Waals surface area (Å²) in [5.41, 5.74) is 2.50. The molecule has 0 fully saturated rings. The van der Waals surface area contributed by atoms with E-state index in [-0.39, 0.29) is 18.0 Å². The highest BCUT2D eigenvalue weighted by Gasteiger charge is 2.11. The van der Waals surface area contributed by atoms with Gasteiger partial charge in [0.1, 0.15) is 0 Å². The van der Waals surface area contributed by atoms with Gasteiger partial charge < -0.3 is 9.47 Å². The third kappa shape index (κ3) is 5.09. The summed E-state index contributed by atoms with van der Waals surface area (Å²) in [6, 6.07) is 5.85. The Morgan fingerprint density at radius 2 is 2.16 bits per heavy atom. The number of ether oxygens (including phenoxy) is 2. The number of hydrogen-bond donors (Lipinski definition) is 1. The topological polar surface area (TPSA) is 59.9 Å². The van der Waals surface area contributed by atoms with Crippen molar-refractivity contribution in [3.05, 3.63) is 24.3 Å². The first-order valence-corrected chi connectivity index (χ1v) is 5.62. The second kappa shape index (κ2) is 7.52. The van der Waals surface area contributed by atoms with Crippen LogP contribution >= 0.6 is 11.6 Å². The molecule has 0 aliphatic carbocycles. The summed E-state index contributed by atoms with van der Waals surface area (Å²) in [6.45, 7) is -1.20. The Kier molecular flexibility index (Phi) is 6.01. The maximum atomic E-state index is 12.1. The largest absolute Gasteiger partial charge is 0.461 e. The summed E-state index contributed by atoms with van der Waals surface area (Å²) >= 11 is 5.54. The lowest BCUT2D eigenvalue weighted by atomic mass is 10.3. The van der Waals surface area contributed by atoms with Gasteiger partial charge in [-0.2, -0.15) is 13.9 Å². The molecule has 0 spiro atoms. The van der Waals surface area contributed by atoms with Crippen molar-refractivity contribution in [3.8, 4) is 5.75 Å². The molecule has 0 aromatic heterocycles. The standard InChI is InChI=1S/C11H11ClF2N2O3/c1-2-18-10(17)9(12)16-15-7-5-3-4-6-8(7)19-11(13)14/h3-6,11,15H,2H2,1H3/b16-9+. The highest BCUT2D eigenvalue weighted by Crippen LogP contribution is 2.25. The van der Waals surface area contributed by atoms with E-state index in [0.29, 0.717) is 0 Å². The molecule has 5 nitrogen and oxygen atoms in total. The zero-order chi connectivity index (χ0) is 14.3. The normalized spacial score (nSPS) is 11.3. The van der Waals surface area contributed by atoms with Gasteiger partial charge in [-0.3, -0.25) is 5.43 Å². The van der Waals surface area contributed by atoms with E-state index in [2.05, 4.69) is 20.0 Å². The Morgan fingerprint density at radius 1 is 1.47 bits per heavy atom. The van der Waals surface area contributed by atoms with Crippen LogP contribution in [0.3, 0.4) is 0 Å². The number of hydrazone groups is 1. The number of nitrogens with one attached hydrogen (secondary N) is 1. The van der Waals surface area contributed by atoms with E-state index >= 15 is 0 Å². The van der Waals surface area contributed by atoms with E-state index in [9.17, 15) is 13.6 Å². The first-order chi connectivity index (χ1) is 9.04. The molecule has 1 aromatic carbocycles. The maximum absolute atomic E-state index is 12.1. The fourth-order valence-corrected chi connectivity index (χ4v) is 1.20. The molecular formula is C11H11ClF2N2O3. The van der Waals surface area contributed by atoms with Crippen molar-refractivity contribution < 1.29 is 23.0 Å². The number of halogens is 3. The van der Waals surface area contributed by atoms with E-state index in [4.69, 9.17) is 11.6 Å². The van der Waals surface area contributed by atoms with Gasteiger partial charge in [0.2, 0.25) is 5.17 Å². The molecule has 0 saturated carbocycles. The highest BCUT2D eigenvalue weighted by atomic mass is 35.5. The minimum absolute atomic E-state index is 0.116. The number of esters is 1. The number of rotatable bonds is 6. The zero-order valence-corrected chi connectivity index (χ0v) is 10.7. The second-order valence-electron chi connectivity index (χ2n) is 3.11. The molecule has 0 bridgehead atoms. The molecule has 0 atom stereocenters. The van der Waals surface area contributed by atoms with Crippen LogP contribution in [0.5, 0.6) is 5.75 Å². The quantitative estimate of drug-likeness (QED) is 0.497. The average Bonchev–Trinajstić information content (AvgIpc) is 2.37. The van der Waals surface area contributed by atoms with Crippen LogP contribution in [0.15, 0.2) is 29.4 Å². The van der Waals surface area contributed by atoms with Gasteiger partial charge in [-0.25, -0.2) is 4.79 Å². The van der Waals surface area contributed by atoms with Crippen LogP contribution in [0.1, 0.15) is 6.92 Å². The summed E-state index contributed by atoms with van der Waals surface area (Å²) in [5, 5.41) is 3.06. The molecule has 1 aromatic rings. The number of hydrogen-bond acceptors (Lipinski definition) is 5. The number of para-hydroxylation sites is 2. The molecule has 104 valence electrons. The number of alkyl halides is 2. The summed E-state index contributed by atoms with van der Waals surface area (Å²) in [7, 11) is 0. The molecule has 1 N–H and O–H groups in total. The van der Waals surface area contributed by atoms with Crippen molar-refractivity contribution >= 4 is 28.4 Å². The molecule has 8 heteroatoms. The van der Waals surface area contributed by atoms with Crippen LogP contribution in [-0.4, -0.2) is 24.4 Å². The van der Waals surface area contributed by atoms with Crippen molar-refractivity contribution in [2.75, 3.05) is 12.0 Å².